The number of carbonyl (C=O) groups is 2. The third-order valence-corrected chi connectivity index (χ3v) is 4.86. The average molecular weight is 429 g/mol. The van der Waals surface area contributed by atoms with Crippen LogP contribution < -0.4 is 10.5 Å². The molecule has 1 aliphatic heterocycles. The van der Waals surface area contributed by atoms with Crippen molar-refractivity contribution >= 4 is 61.2 Å². The van der Waals surface area contributed by atoms with Gasteiger partial charge >= 0.3 is 0 Å². The number of ether oxygens (including phenoxy) is 1. The Labute approximate surface area is 138 Å². The van der Waals surface area contributed by atoms with Crippen molar-refractivity contribution in [3.05, 3.63) is 21.1 Å². The molecule has 2 N–H and O–H groups in total. The lowest BCUT2D eigenvalue weighted by atomic mass is 10.2. The van der Waals surface area contributed by atoms with Crippen LogP contribution in [-0.4, -0.2) is 22.9 Å². The molecule has 1 aromatic carbocycles. The lowest BCUT2D eigenvalue weighted by Gasteiger charge is -2.09. The predicted molar refractivity (Wildman–Crippen MR) is 84.9 cm³/mol. The highest BCUT2D eigenvalue weighted by atomic mass is 79.9. The first-order valence-electron chi connectivity index (χ1n) is 5.59. The van der Waals surface area contributed by atoms with Crippen molar-refractivity contribution < 1.29 is 14.3 Å². The van der Waals surface area contributed by atoms with E-state index >= 15 is 0 Å². The molecule has 1 aromatic rings. The number of halogens is 3. The average Bonchev–Trinajstić information content (AvgIpc) is 2.72. The van der Waals surface area contributed by atoms with E-state index in [0.29, 0.717) is 29.3 Å². The van der Waals surface area contributed by atoms with Crippen LogP contribution in [0.1, 0.15) is 18.4 Å². The van der Waals surface area contributed by atoms with Gasteiger partial charge in [0.05, 0.1) is 28.9 Å². The first-order valence-corrected chi connectivity index (χ1v) is 7.47. The van der Waals surface area contributed by atoms with Gasteiger partial charge in [-0.25, -0.2) is 3.93 Å². The molecule has 0 spiro atoms. The minimum absolute atomic E-state index is 0.144. The molecule has 2 amide bonds. The molecule has 0 radical (unpaired) electrons. The fraction of sp³-hybridized carbons (Fsp3) is 0.333. The van der Waals surface area contributed by atoms with E-state index in [4.69, 9.17) is 22.1 Å². The van der Waals surface area contributed by atoms with Crippen molar-refractivity contribution in [3.8, 4) is 5.75 Å². The Morgan fingerprint density at radius 3 is 2.20 bits per heavy atom. The van der Waals surface area contributed by atoms with Gasteiger partial charge in [-0.05, 0) is 28.4 Å². The molecule has 0 atom stereocenters. The van der Waals surface area contributed by atoms with Gasteiger partial charge < -0.3 is 10.5 Å². The van der Waals surface area contributed by atoms with Gasteiger partial charge in [-0.3, -0.25) is 9.59 Å². The quantitative estimate of drug-likeness (QED) is 0.423. The Bertz CT molecular complexity index is 536. The second-order valence-electron chi connectivity index (χ2n) is 3.98. The van der Waals surface area contributed by atoms with E-state index in [-0.39, 0.29) is 11.8 Å². The van der Waals surface area contributed by atoms with E-state index in [2.05, 4.69) is 32.1 Å². The van der Waals surface area contributed by atoms with Crippen LogP contribution >= 0.6 is 43.7 Å². The SMILES string of the molecule is COc1cc(Cl)c(C)c(Br)c1N.O=C1CCC(=O)N1Br. The molecule has 8 heteroatoms. The maximum atomic E-state index is 10.4. The third-order valence-electron chi connectivity index (χ3n) is 2.66. The van der Waals surface area contributed by atoms with Gasteiger partial charge in [0.15, 0.2) is 0 Å². The summed E-state index contributed by atoms with van der Waals surface area (Å²) in [4.78, 5) is 20.9. The molecule has 1 heterocycles. The van der Waals surface area contributed by atoms with Crippen molar-refractivity contribution in [1.82, 2.24) is 3.93 Å². The topological polar surface area (TPSA) is 72.6 Å². The van der Waals surface area contributed by atoms with Gasteiger partial charge in [0.1, 0.15) is 5.75 Å². The number of hydrogen-bond acceptors (Lipinski definition) is 4. The van der Waals surface area contributed by atoms with Crippen LogP contribution in [0.4, 0.5) is 5.69 Å². The highest BCUT2D eigenvalue weighted by Gasteiger charge is 2.26. The van der Waals surface area contributed by atoms with Gasteiger partial charge in [-0.15, -0.1) is 0 Å². The Morgan fingerprint density at radius 2 is 1.85 bits per heavy atom. The highest BCUT2D eigenvalue weighted by Crippen LogP contribution is 2.36. The van der Waals surface area contributed by atoms with Crippen LogP contribution in [0.3, 0.4) is 0 Å². The maximum Gasteiger partial charge on any atom is 0.239 e. The molecule has 0 aliphatic carbocycles. The van der Waals surface area contributed by atoms with Crippen LogP contribution in [0.5, 0.6) is 5.75 Å². The molecular formula is C12H13Br2ClN2O3. The molecular weight excluding hydrogens is 415 g/mol. The van der Waals surface area contributed by atoms with E-state index in [1.54, 1.807) is 13.2 Å². The molecule has 2 rings (SSSR count). The Hall–Kier alpha value is -0.790. The van der Waals surface area contributed by atoms with Gasteiger partial charge in [0, 0.05) is 28.4 Å². The normalized spacial score (nSPS) is 14.2. The van der Waals surface area contributed by atoms with Crippen LogP contribution in [0.15, 0.2) is 10.5 Å². The summed E-state index contributed by atoms with van der Waals surface area (Å²) in [6, 6.07) is 1.71. The number of rotatable bonds is 1. The summed E-state index contributed by atoms with van der Waals surface area (Å²) in [5, 5.41) is 0.646. The van der Waals surface area contributed by atoms with E-state index in [9.17, 15) is 9.59 Å². The van der Waals surface area contributed by atoms with Gasteiger partial charge in [0.2, 0.25) is 11.8 Å². The predicted octanol–water partition coefficient (Wildman–Crippen LogP) is 3.45. The number of methoxy groups -OCH3 is 1. The van der Waals surface area contributed by atoms with Crippen molar-refractivity contribution in [1.29, 1.82) is 0 Å². The summed E-state index contributed by atoms with van der Waals surface area (Å²) in [5.74, 6) is 0.308. The Morgan fingerprint density at radius 1 is 1.35 bits per heavy atom. The molecule has 1 fully saturated rings. The fourth-order valence-corrected chi connectivity index (χ4v) is 2.51. The number of anilines is 1. The summed E-state index contributed by atoms with van der Waals surface area (Å²) in [5.41, 5.74) is 7.24. The summed E-state index contributed by atoms with van der Waals surface area (Å²) in [6.45, 7) is 1.89. The molecule has 1 aliphatic rings. The zero-order chi connectivity index (χ0) is 15.4. The van der Waals surface area contributed by atoms with Crippen molar-refractivity contribution in [2.75, 3.05) is 12.8 Å². The molecule has 0 aromatic heterocycles. The number of nitrogens with two attached hydrogens (primary N) is 1. The monoisotopic (exact) mass is 426 g/mol. The lowest BCUT2D eigenvalue weighted by Crippen LogP contribution is -2.16. The fourth-order valence-electron chi connectivity index (χ4n) is 1.43. The Balaban J connectivity index is 0.000000217. The second-order valence-corrected chi connectivity index (χ2v) is 5.89. The van der Waals surface area contributed by atoms with Crippen LogP contribution in [0.2, 0.25) is 5.02 Å². The Kier molecular flexibility index (Phi) is 6.29. The van der Waals surface area contributed by atoms with Gasteiger partial charge in [0.25, 0.3) is 0 Å². The van der Waals surface area contributed by atoms with Gasteiger partial charge in [-0.1, -0.05) is 11.6 Å². The number of hydrogen-bond donors (Lipinski definition) is 1. The second kappa shape index (κ2) is 7.28. The smallest absolute Gasteiger partial charge is 0.239 e. The molecule has 110 valence electrons. The van der Waals surface area contributed by atoms with Crippen molar-refractivity contribution in [3.63, 3.8) is 0 Å². The molecule has 0 bridgehead atoms. The van der Waals surface area contributed by atoms with E-state index in [0.717, 1.165) is 14.0 Å². The highest BCUT2D eigenvalue weighted by molar-refractivity contribution is 9.10. The number of nitrogens with zero attached hydrogens (tertiary/aromatic N) is 1. The number of nitrogen functional groups attached to an aromatic ring is 1. The summed E-state index contributed by atoms with van der Waals surface area (Å²) >= 11 is 12.0. The standard InChI is InChI=1S/C8H9BrClNO.C4H4BrNO2/c1-4-5(10)3-6(12-2)8(11)7(4)9;5-6-3(7)1-2-4(6)8/h3H,11H2,1-2H3;1-2H2. The van der Waals surface area contributed by atoms with Crippen molar-refractivity contribution in [2.24, 2.45) is 0 Å². The minimum Gasteiger partial charge on any atom is -0.495 e. The summed E-state index contributed by atoms with van der Waals surface area (Å²) < 4.78 is 6.80. The lowest BCUT2D eigenvalue weighted by molar-refractivity contribution is -0.131. The number of amides is 2. The zero-order valence-corrected chi connectivity index (χ0v) is 14.8. The first kappa shape index (κ1) is 17.3. The van der Waals surface area contributed by atoms with Crippen LogP contribution in [-0.2, 0) is 9.59 Å². The minimum atomic E-state index is -0.144. The number of imide groups is 1. The molecule has 0 saturated carbocycles. The third kappa shape index (κ3) is 3.86. The van der Waals surface area contributed by atoms with E-state index < -0.39 is 0 Å². The largest absolute Gasteiger partial charge is 0.495 e. The summed E-state index contributed by atoms with van der Waals surface area (Å²) in [7, 11) is 1.56. The number of carbonyl (C=O) groups excluding carboxylic acids is 2. The van der Waals surface area contributed by atoms with E-state index in [1.807, 2.05) is 6.92 Å². The molecule has 20 heavy (non-hydrogen) atoms. The summed E-state index contributed by atoms with van der Waals surface area (Å²) in [6.07, 6.45) is 0.703. The molecule has 1 saturated heterocycles. The van der Waals surface area contributed by atoms with Crippen LogP contribution in [0.25, 0.3) is 0 Å². The van der Waals surface area contributed by atoms with Crippen LogP contribution in [0, 0.1) is 6.92 Å². The van der Waals surface area contributed by atoms with Crippen molar-refractivity contribution in [2.45, 2.75) is 19.8 Å². The molecule has 5 nitrogen and oxygen atoms in total. The zero-order valence-electron chi connectivity index (χ0n) is 10.9. The first-order chi connectivity index (χ1) is 9.29. The molecule has 0 unspecified atom stereocenters. The van der Waals surface area contributed by atoms with E-state index in [1.165, 1.54) is 0 Å². The number of benzene rings is 1. The maximum absolute atomic E-state index is 10.4. The van der Waals surface area contributed by atoms with Gasteiger partial charge in [-0.2, -0.15) is 0 Å².